The van der Waals surface area contributed by atoms with E-state index in [0.29, 0.717) is 47.6 Å². The minimum Gasteiger partial charge on any atom is -0.493 e. The number of carbonyl (C=O) groups excluding carboxylic acids is 2. The van der Waals surface area contributed by atoms with E-state index >= 15 is 0 Å². The van der Waals surface area contributed by atoms with Crippen molar-refractivity contribution in [2.45, 2.75) is 26.7 Å². The molecule has 0 bridgehead atoms. The molecule has 0 saturated carbocycles. The summed E-state index contributed by atoms with van der Waals surface area (Å²) in [7, 11) is 3.19. The maximum atomic E-state index is 13.6. The number of amides is 2. The van der Waals surface area contributed by atoms with Gasteiger partial charge in [0.15, 0.2) is 11.5 Å². The zero-order valence-electron chi connectivity index (χ0n) is 19.8. The highest BCUT2D eigenvalue weighted by Crippen LogP contribution is 2.35. The first kappa shape index (κ1) is 22.9. The number of ether oxygens (including phenoxy) is 2. The summed E-state index contributed by atoms with van der Waals surface area (Å²) < 4.78 is 10.7. The van der Waals surface area contributed by atoms with Gasteiger partial charge in [0.05, 0.1) is 19.8 Å². The molecule has 0 N–H and O–H groups in total. The van der Waals surface area contributed by atoms with Crippen LogP contribution in [0.4, 0.5) is 0 Å². The summed E-state index contributed by atoms with van der Waals surface area (Å²) in [5.41, 5.74) is 2.85. The lowest BCUT2D eigenvalue weighted by molar-refractivity contribution is -0.137. The minimum absolute atomic E-state index is 0.194. The van der Waals surface area contributed by atoms with Gasteiger partial charge in [-0.05, 0) is 47.9 Å². The van der Waals surface area contributed by atoms with Crippen molar-refractivity contribution in [2.75, 3.05) is 33.9 Å². The van der Waals surface area contributed by atoms with Gasteiger partial charge in [-0.1, -0.05) is 50.2 Å². The average Bonchev–Trinajstić information content (AvgIpc) is 3.06. The van der Waals surface area contributed by atoms with E-state index in [1.54, 1.807) is 14.2 Å². The summed E-state index contributed by atoms with van der Waals surface area (Å²) in [4.78, 5) is 30.7. The van der Waals surface area contributed by atoms with Crippen LogP contribution in [0.3, 0.4) is 0 Å². The van der Waals surface area contributed by atoms with Crippen LogP contribution in [0.15, 0.2) is 54.2 Å². The highest BCUT2D eigenvalue weighted by molar-refractivity contribution is 6.35. The Morgan fingerprint density at radius 1 is 0.879 bits per heavy atom. The summed E-state index contributed by atoms with van der Waals surface area (Å²) in [5.74, 6) is 1.82. The summed E-state index contributed by atoms with van der Waals surface area (Å²) in [5, 5.41) is 0. The first-order valence-corrected chi connectivity index (χ1v) is 11.5. The SMILES string of the molecule is COc1ccc(CCN2C(=O)C(c3ccccc3)=C(N3CC(C)CC(C)C3)C2=O)cc1OC. The van der Waals surface area contributed by atoms with Gasteiger partial charge in [-0.25, -0.2) is 0 Å². The second-order valence-electron chi connectivity index (χ2n) is 9.14. The molecule has 1 saturated heterocycles. The monoisotopic (exact) mass is 448 g/mol. The fourth-order valence-corrected chi connectivity index (χ4v) is 5.05. The Morgan fingerprint density at radius 3 is 2.18 bits per heavy atom. The molecule has 2 aromatic carbocycles. The van der Waals surface area contributed by atoms with E-state index < -0.39 is 0 Å². The number of benzene rings is 2. The van der Waals surface area contributed by atoms with Gasteiger partial charge in [-0.3, -0.25) is 14.5 Å². The van der Waals surface area contributed by atoms with E-state index in [9.17, 15) is 9.59 Å². The van der Waals surface area contributed by atoms with Crippen LogP contribution in [0.2, 0.25) is 0 Å². The number of piperidine rings is 1. The zero-order valence-corrected chi connectivity index (χ0v) is 19.8. The fourth-order valence-electron chi connectivity index (χ4n) is 5.05. The number of likely N-dealkylation sites (tertiary alicyclic amines) is 1. The van der Waals surface area contributed by atoms with Crippen molar-refractivity contribution in [3.8, 4) is 11.5 Å². The Labute approximate surface area is 195 Å². The maximum Gasteiger partial charge on any atom is 0.277 e. The van der Waals surface area contributed by atoms with Crippen LogP contribution in [0.1, 0.15) is 31.4 Å². The summed E-state index contributed by atoms with van der Waals surface area (Å²) in [6, 6.07) is 15.2. The number of rotatable bonds is 7. The molecule has 2 unspecified atom stereocenters. The third-order valence-electron chi connectivity index (χ3n) is 6.46. The highest BCUT2D eigenvalue weighted by atomic mass is 16.5. The first-order valence-electron chi connectivity index (χ1n) is 11.5. The van der Waals surface area contributed by atoms with E-state index in [-0.39, 0.29) is 11.8 Å². The molecule has 33 heavy (non-hydrogen) atoms. The van der Waals surface area contributed by atoms with Crippen molar-refractivity contribution in [3.63, 3.8) is 0 Å². The number of nitrogens with zero attached hydrogens (tertiary/aromatic N) is 2. The Kier molecular flexibility index (Phi) is 6.72. The summed E-state index contributed by atoms with van der Waals surface area (Å²) >= 11 is 0. The van der Waals surface area contributed by atoms with Gasteiger partial charge >= 0.3 is 0 Å². The molecule has 1 fully saturated rings. The van der Waals surface area contributed by atoms with Gasteiger partial charge in [-0.15, -0.1) is 0 Å². The van der Waals surface area contributed by atoms with E-state index in [2.05, 4.69) is 18.7 Å². The Bertz CT molecular complexity index is 1050. The first-order chi connectivity index (χ1) is 15.9. The topological polar surface area (TPSA) is 59.1 Å². The molecule has 2 aliphatic rings. The van der Waals surface area contributed by atoms with Crippen molar-refractivity contribution >= 4 is 17.4 Å². The molecule has 2 aromatic rings. The summed E-state index contributed by atoms with van der Waals surface area (Å²) in [6.45, 7) is 6.31. The lowest BCUT2D eigenvalue weighted by Gasteiger charge is -2.37. The smallest absolute Gasteiger partial charge is 0.277 e. The normalized spacial score (nSPS) is 21.1. The number of hydrogen-bond acceptors (Lipinski definition) is 5. The standard InChI is InChI=1S/C27H32N2O4/c1-18-14-19(2)17-28(16-18)25-24(21-8-6-5-7-9-21)26(30)29(27(25)31)13-12-20-10-11-22(32-3)23(15-20)33-4/h5-11,15,18-19H,12-14,16-17H2,1-4H3. The molecule has 2 aliphatic heterocycles. The quantitative estimate of drug-likeness (QED) is 0.599. The molecule has 2 heterocycles. The minimum atomic E-state index is -0.215. The molecular formula is C27H32N2O4. The van der Waals surface area contributed by atoms with Crippen LogP contribution >= 0.6 is 0 Å². The van der Waals surface area contributed by atoms with Gasteiger partial charge in [0, 0.05) is 19.6 Å². The van der Waals surface area contributed by atoms with Crippen LogP contribution in [0.5, 0.6) is 11.5 Å². The third-order valence-corrected chi connectivity index (χ3v) is 6.46. The van der Waals surface area contributed by atoms with Gasteiger partial charge in [0.2, 0.25) is 0 Å². The predicted molar refractivity (Wildman–Crippen MR) is 128 cm³/mol. The molecule has 2 amide bonds. The molecule has 174 valence electrons. The Balaban J connectivity index is 1.62. The van der Waals surface area contributed by atoms with E-state index in [4.69, 9.17) is 9.47 Å². The van der Waals surface area contributed by atoms with Crippen LogP contribution in [-0.2, 0) is 16.0 Å². The van der Waals surface area contributed by atoms with Crippen molar-refractivity contribution in [1.82, 2.24) is 9.80 Å². The second-order valence-corrected chi connectivity index (χ2v) is 9.14. The third kappa shape index (κ3) is 4.61. The Hall–Kier alpha value is -3.28. The average molecular weight is 449 g/mol. The molecule has 0 spiro atoms. The van der Waals surface area contributed by atoms with Crippen LogP contribution < -0.4 is 9.47 Å². The lowest BCUT2D eigenvalue weighted by Crippen LogP contribution is -2.42. The largest absolute Gasteiger partial charge is 0.493 e. The fraction of sp³-hybridized carbons (Fsp3) is 0.407. The number of carbonyl (C=O) groups is 2. The van der Waals surface area contributed by atoms with Crippen LogP contribution in [0.25, 0.3) is 5.57 Å². The molecule has 0 aromatic heterocycles. The molecule has 2 atom stereocenters. The predicted octanol–water partition coefficient (Wildman–Crippen LogP) is 4.00. The van der Waals surface area contributed by atoms with Crippen molar-refractivity contribution in [3.05, 3.63) is 65.4 Å². The maximum absolute atomic E-state index is 13.6. The zero-order chi connectivity index (χ0) is 23.5. The van der Waals surface area contributed by atoms with Crippen molar-refractivity contribution in [2.24, 2.45) is 11.8 Å². The van der Waals surface area contributed by atoms with E-state index in [0.717, 1.165) is 30.6 Å². The number of imide groups is 1. The second kappa shape index (κ2) is 9.69. The van der Waals surface area contributed by atoms with Crippen molar-refractivity contribution in [1.29, 1.82) is 0 Å². The number of hydrogen-bond donors (Lipinski definition) is 0. The molecule has 0 radical (unpaired) electrons. The van der Waals surface area contributed by atoms with Gasteiger partial charge in [0.1, 0.15) is 5.70 Å². The summed E-state index contributed by atoms with van der Waals surface area (Å²) in [6.07, 6.45) is 1.68. The van der Waals surface area contributed by atoms with Crippen molar-refractivity contribution < 1.29 is 19.1 Å². The van der Waals surface area contributed by atoms with Gasteiger partial charge in [0.25, 0.3) is 11.8 Å². The highest BCUT2D eigenvalue weighted by Gasteiger charge is 2.42. The lowest BCUT2D eigenvalue weighted by atomic mass is 9.91. The molecular weight excluding hydrogens is 416 g/mol. The number of methoxy groups -OCH3 is 2. The Morgan fingerprint density at radius 2 is 1.55 bits per heavy atom. The van der Waals surface area contributed by atoms with Crippen LogP contribution in [0, 0.1) is 11.8 Å². The van der Waals surface area contributed by atoms with E-state index in [1.165, 1.54) is 4.90 Å². The molecule has 0 aliphatic carbocycles. The van der Waals surface area contributed by atoms with Gasteiger partial charge in [-0.2, -0.15) is 0 Å². The van der Waals surface area contributed by atoms with Gasteiger partial charge < -0.3 is 14.4 Å². The molecule has 6 nitrogen and oxygen atoms in total. The van der Waals surface area contributed by atoms with Crippen LogP contribution in [-0.4, -0.2) is 55.5 Å². The molecule has 6 heteroatoms. The molecule has 4 rings (SSSR count). The van der Waals surface area contributed by atoms with E-state index in [1.807, 2.05) is 48.5 Å².